The molecule has 8 nitrogen and oxygen atoms in total. The van der Waals surface area contributed by atoms with Crippen molar-refractivity contribution in [2.24, 2.45) is 0 Å². The number of carbonyl (C=O) groups is 1. The second-order valence-electron chi connectivity index (χ2n) is 7.64. The first-order chi connectivity index (χ1) is 14.0. The molecular weight excluding hydrogens is 386 g/mol. The number of para-hydroxylation sites is 1. The topological polar surface area (TPSA) is 95.9 Å². The fourth-order valence-electron chi connectivity index (χ4n) is 3.72. The van der Waals surface area contributed by atoms with Crippen molar-refractivity contribution in [3.8, 4) is 0 Å². The zero-order valence-electron chi connectivity index (χ0n) is 16.8. The van der Waals surface area contributed by atoms with Crippen LogP contribution in [0.5, 0.6) is 0 Å². The summed E-state index contributed by atoms with van der Waals surface area (Å²) in [6, 6.07) is 8.53. The Labute approximate surface area is 173 Å². The second kappa shape index (κ2) is 8.28. The molecule has 0 aliphatic heterocycles. The summed E-state index contributed by atoms with van der Waals surface area (Å²) < 4.78 is 3.84. The molecule has 29 heavy (non-hydrogen) atoms. The summed E-state index contributed by atoms with van der Waals surface area (Å²) in [6.07, 6.45) is 3.75. The quantitative estimate of drug-likeness (QED) is 0.666. The monoisotopic (exact) mass is 411 g/mol. The molecule has 2 aromatic heterocycles. The summed E-state index contributed by atoms with van der Waals surface area (Å²) >= 11 is 1.15. The minimum absolute atomic E-state index is 0.0672. The van der Waals surface area contributed by atoms with Gasteiger partial charge in [0.25, 0.3) is 5.91 Å². The van der Waals surface area contributed by atoms with Gasteiger partial charge in [0.2, 0.25) is 5.95 Å². The normalized spacial score (nSPS) is 19.1. The molecule has 1 aliphatic carbocycles. The van der Waals surface area contributed by atoms with E-state index in [9.17, 15) is 4.79 Å². The highest BCUT2D eigenvalue weighted by atomic mass is 32.1. The van der Waals surface area contributed by atoms with Gasteiger partial charge in [-0.15, -0.1) is 5.10 Å². The molecule has 0 spiro atoms. The molecule has 0 atom stereocenters. The Balaban J connectivity index is 1.38. The molecule has 4 rings (SSSR count). The summed E-state index contributed by atoms with van der Waals surface area (Å²) in [6.45, 7) is 1.81. The molecule has 2 N–H and O–H groups in total. The first-order valence-corrected chi connectivity index (χ1v) is 10.6. The van der Waals surface area contributed by atoms with Crippen LogP contribution in [0.1, 0.15) is 41.0 Å². The van der Waals surface area contributed by atoms with Crippen molar-refractivity contribution < 1.29 is 4.79 Å². The van der Waals surface area contributed by atoms with Crippen molar-refractivity contribution in [2.75, 3.05) is 24.3 Å². The predicted molar refractivity (Wildman–Crippen MR) is 116 cm³/mol. The number of hydrogen-bond acceptors (Lipinski definition) is 8. The third-order valence-corrected chi connectivity index (χ3v) is 6.09. The van der Waals surface area contributed by atoms with Gasteiger partial charge in [0.1, 0.15) is 10.7 Å². The molecule has 3 aromatic rings. The van der Waals surface area contributed by atoms with E-state index in [0.29, 0.717) is 22.6 Å². The van der Waals surface area contributed by atoms with Gasteiger partial charge in [0.15, 0.2) is 0 Å². The summed E-state index contributed by atoms with van der Waals surface area (Å²) in [7, 11) is 3.99. The number of amides is 1. The van der Waals surface area contributed by atoms with Crippen LogP contribution in [0.15, 0.2) is 24.3 Å². The predicted octanol–water partition coefficient (Wildman–Crippen LogP) is 3.01. The number of hydrogen-bond donors (Lipinski definition) is 2. The highest BCUT2D eigenvalue weighted by Crippen LogP contribution is 2.26. The Morgan fingerprint density at radius 2 is 1.83 bits per heavy atom. The van der Waals surface area contributed by atoms with Crippen molar-refractivity contribution in [3.63, 3.8) is 0 Å². The Hall–Kier alpha value is -2.81. The fourth-order valence-corrected chi connectivity index (χ4v) is 4.28. The molecule has 1 aromatic carbocycles. The van der Waals surface area contributed by atoms with Crippen LogP contribution in [-0.4, -0.2) is 51.6 Å². The zero-order valence-corrected chi connectivity index (χ0v) is 17.7. The van der Waals surface area contributed by atoms with Crippen LogP contribution in [0, 0.1) is 6.92 Å². The van der Waals surface area contributed by atoms with E-state index in [2.05, 4.69) is 20.2 Å². The highest BCUT2D eigenvalue weighted by Gasteiger charge is 2.25. The Bertz CT molecular complexity index is 1010. The lowest BCUT2D eigenvalue weighted by Gasteiger charge is -2.29. The molecule has 0 saturated heterocycles. The van der Waals surface area contributed by atoms with Crippen LogP contribution < -0.4 is 15.5 Å². The van der Waals surface area contributed by atoms with Crippen LogP contribution in [-0.2, 0) is 0 Å². The number of benzene rings is 1. The van der Waals surface area contributed by atoms with Crippen molar-refractivity contribution in [3.05, 3.63) is 34.8 Å². The van der Waals surface area contributed by atoms with E-state index in [1.807, 2.05) is 50.2 Å². The van der Waals surface area contributed by atoms with E-state index in [1.54, 1.807) is 0 Å². The highest BCUT2D eigenvalue weighted by molar-refractivity contribution is 7.08. The summed E-state index contributed by atoms with van der Waals surface area (Å²) in [4.78, 5) is 24.4. The number of rotatable bonds is 5. The third kappa shape index (κ3) is 4.29. The van der Waals surface area contributed by atoms with Gasteiger partial charge >= 0.3 is 0 Å². The van der Waals surface area contributed by atoms with E-state index >= 15 is 0 Å². The molecule has 1 saturated carbocycles. The number of anilines is 2. The molecule has 152 valence electrons. The maximum Gasteiger partial charge on any atom is 0.265 e. The van der Waals surface area contributed by atoms with E-state index in [1.165, 1.54) is 0 Å². The third-order valence-electron chi connectivity index (χ3n) is 5.26. The molecule has 2 heterocycles. The first kappa shape index (κ1) is 19.5. The molecule has 9 heteroatoms. The molecule has 1 fully saturated rings. The summed E-state index contributed by atoms with van der Waals surface area (Å²) in [5, 5.41) is 11.6. The van der Waals surface area contributed by atoms with E-state index < -0.39 is 0 Å². The van der Waals surface area contributed by atoms with Crippen LogP contribution in [0.2, 0.25) is 0 Å². The van der Waals surface area contributed by atoms with Gasteiger partial charge in [-0.05, 0) is 56.3 Å². The number of nitrogens with one attached hydrogen (secondary N) is 2. The Morgan fingerprint density at radius 3 is 2.52 bits per heavy atom. The lowest BCUT2D eigenvalue weighted by atomic mass is 9.91. The van der Waals surface area contributed by atoms with E-state index in [-0.39, 0.29) is 11.9 Å². The van der Waals surface area contributed by atoms with Crippen LogP contribution in [0.3, 0.4) is 0 Å². The van der Waals surface area contributed by atoms with Crippen molar-refractivity contribution >= 4 is 40.1 Å². The molecule has 0 radical (unpaired) electrons. The van der Waals surface area contributed by atoms with Crippen LogP contribution in [0.4, 0.5) is 11.8 Å². The van der Waals surface area contributed by atoms with Gasteiger partial charge in [0, 0.05) is 31.6 Å². The SMILES string of the molecule is Cc1nnsc1C(=O)NC1CCC(Nc2nc(N(C)C)c3ccccc3n2)CC1. The van der Waals surface area contributed by atoms with Crippen LogP contribution >= 0.6 is 11.5 Å². The van der Waals surface area contributed by atoms with Crippen molar-refractivity contribution in [1.82, 2.24) is 24.9 Å². The average molecular weight is 412 g/mol. The lowest BCUT2D eigenvalue weighted by Crippen LogP contribution is -2.40. The molecule has 1 aliphatic rings. The van der Waals surface area contributed by atoms with Gasteiger partial charge in [-0.1, -0.05) is 16.6 Å². The largest absolute Gasteiger partial charge is 0.362 e. The number of aromatic nitrogens is 4. The minimum Gasteiger partial charge on any atom is -0.362 e. The van der Waals surface area contributed by atoms with Crippen LogP contribution in [0.25, 0.3) is 10.9 Å². The van der Waals surface area contributed by atoms with Gasteiger partial charge in [0.05, 0.1) is 11.2 Å². The number of fused-ring (bicyclic) bond motifs is 1. The van der Waals surface area contributed by atoms with Crippen molar-refractivity contribution in [2.45, 2.75) is 44.7 Å². The number of aryl methyl sites for hydroxylation is 1. The number of nitrogens with zero attached hydrogens (tertiary/aromatic N) is 5. The average Bonchev–Trinajstić information content (AvgIpc) is 3.15. The van der Waals surface area contributed by atoms with E-state index in [0.717, 1.165) is 53.9 Å². The van der Waals surface area contributed by atoms with Crippen molar-refractivity contribution in [1.29, 1.82) is 0 Å². The van der Waals surface area contributed by atoms with Gasteiger partial charge < -0.3 is 15.5 Å². The fraction of sp³-hybridized carbons (Fsp3) is 0.450. The minimum atomic E-state index is -0.0672. The maximum atomic E-state index is 12.4. The van der Waals surface area contributed by atoms with Gasteiger partial charge in [-0.3, -0.25) is 4.79 Å². The standard InChI is InChI=1S/C20H25N7OS/c1-12-17(29-26-25-12)19(28)21-13-8-10-14(11-9-13)22-20-23-16-7-5-4-6-15(16)18(24-20)27(2)3/h4-7,13-14H,8-11H2,1-3H3,(H,21,28)(H,22,23,24). The second-order valence-corrected chi connectivity index (χ2v) is 8.39. The molecule has 0 bridgehead atoms. The van der Waals surface area contributed by atoms with E-state index in [4.69, 9.17) is 9.97 Å². The first-order valence-electron chi connectivity index (χ1n) is 9.81. The Morgan fingerprint density at radius 1 is 1.10 bits per heavy atom. The maximum absolute atomic E-state index is 12.4. The van der Waals surface area contributed by atoms with Gasteiger partial charge in [-0.25, -0.2) is 4.98 Å². The molecule has 1 amide bonds. The zero-order chi connectivity index (χ0) is 20.4. The molecular formula is C20H25N7OS. The van der Waals surface area contributed by atoms with Gasteiger partial charge in [-0.2, -0.15) is 4.98 Å². The Kier molecular flexibility index (Phi) is 5.57. The summed E-state index contributed by atoms with van der Waals surface area (Å²) in [5.74, 6) is 1.50. The molecule has 0 unspecified atom stereocenters. The number of carbonyl (C=O) groups excluding carboxylic acids is 1. The lowest BCUT2D eigenvalue weighted by molar-refractivity contribution is 0.0930. The summed E-state index contributed by atoms with van der Waals surface area (Å²) in [5.41, 5.74) is 1.62. The smallest absolute Gasteiger partial charge is 0.265 e.